The van der Waals surface area contributed by atoms with Crippen LogP contribution in [-0.4, -0.2) is 34.7 Å². The van der Waals surface area contributed by atoms with Crippen LogP contribution in [0.25, 0.3) is 10.9 Å². The predicted molar refractivity (Wildman–Crippen MR) is 86.8 cm³/mol. The van der Waals surface area contributed by atoms with Gasteiger partial charge >= 0.3 is 18.9 Å². The van der Waals surface area contributed by atoms with E-state index in [2.05, 4.69) is 10.2 Å². The summed E-state index contributed by atoms with van der Waals surface area (Å²) in [6.07, 6.45) is 6.30. The number of carboxylic acids is 1. The number of nitrogens with zero attached hydrogens (tertiary/aromatic N) is 2. The summed E-state index contributed by atoms with van der Waals surface area (Å²) in [6.45, 7) is 3.06. The van der Waals surface area contributed by atoms with Crippen molar-refractivity contribution >= 4 is 16.9 Å². The molecule has 0 radical (unpaired) electrons. The SMILES string of the molecule is Cn1cc(CN[C@@H]2CC3CCN2CC3)c2c(C(=O)[O-])cccc21.[Li+]. The molecule has 1 aromatic carbocycles. The molecule has 4 heterocycles. The Morgan fingerprint density at radius 3 is 2.71 bits per heavy atom. The minimum atomic E-state index is -1.11. The number of aromatic carboxylic acids is 1. The second-order valence-corrected chi connectivity index (χ2v) is 6.86. The van der Waals surface area contributed by atoms with Gasteiger partial charge in [0.05, 0.1) is 12.1 Å². The van der Waals surface area contributed by atoms with Crippen LogP contribution in [0.2, 0.25) is 0 Å². The first kappa shape index (κ1) is 17.6. The number of carboxylic acid groups (broad SMARTS) is 1. The van der Waals surface area contributed by atoms with Crippen LogP contribution in [0.3, 0.4) is 0 Å². The second kappa shape index (κ2) is 6.93. The maximum atomic E-state index is 11.4. The molecule has 6 heteroatoms. The smallest absolute Gasteiger partial charge is 0.545 e. The number of fused-ring (bicyclic) bond motifs is 4. The van der Waals surface area contributed by atoms with E-state index in [-0.39, 0.29) is 24.4 Å². The van der Waals surface area contributed by atoms with Crippen LogP contribution in [0, 0.1) is 5.92 Å². The molecule has 3 saturated heterocycles. The van der Waals surface area contributed by atoms with Gasteiger partial charge in [-0.3, -0.25) is 10.2 Å². The quantitative estimate of drug-likeness (QED) is 0.668. The average Bonchev–Trinajstić information content (AvgIpc) is 2.90. The average molecular weight is 319 g/mol. The molecule has 0 amide bonds. The number of aromatic nitrogens is 1. The fraction of sp³-hybridized carbons (Fsp3) is 0.500. The van der Waals surface area contributed by atoms with Crippen molar-refractivity contribution in [2.75, 3.05) is 13.1 Å². The van der Waals surface area contributed by atoms with Crippen molar-refractivity contribution in [3.63, 3.8) is 0 Å². The summed E-state index contributed by atoms with van der Waals surface area (Å²) in [4.78, 5) is 14.0. The third-order valence-electron chi connectivity index (χ3n) is 5.49. The van der Waals surface area contributed by atoms with Crippen molar-refractivity contribution in [3.05, 3.63) is 35.5 Å². The number of nitrogens with one attached hydrogen (secondary N) is 1. The molecule has 2 bridgehead atoms. The molecule has 5 rings (SSSR count). The number of carbonyl (C=O) groups excluding carboxylic acids is 1. The Labute approximate surface area is 154 Å². The minimum Gasteiger partial charge on any atom is -0.545 e. The molecule has 0 aliphatic carbocycles. The first-order valence-electron chi connectivity index (χ1n) is 8.39. The Morgan fingerprint density at radius 2 is 2.08 bits per heavy atom. The van der Waals surface area contributed by atoms with E-state index in [1.807, 2.05) is 23.9 Å². The molecular formula is C18H22LiN3O2. The maximum Gasteiger partial charge on any atom is 1.00 e. The third kappa shape index (κ3) is 3.02. The first-order chi connectivity index (χ1) is 11.1. The Hall–Kier alpha value is -1.25. The normalized spacial score (nSPS) is 25.6. The molecule has 122 valence electrons. The number of aryl methyl sites for hydroxylation is 1. The molecule has 24 heavy (non-hydrogen) atoms. The van der Waals surface area contributed by atoms with Gasteiger partial charge in [-0.15, -0.1) is 0 Å². The number of carbonyl (C=O) groups is 1. The first-order valence-corrected chi connectivity index (χ1v) is 8.39. The molecule has 3 aliphatic heterocycles. The Bertz CT molecular complexity index is 750. The van der Waals surface area contributed by atoms with E-state index in [0.717, 1.165) is 22.4 Å². The summed E-state index contributed by atoms with van der Waals surface area (Å²) in [5.74, 6) is -0.257. The van der Waals surface area contributed by atoms with Crippen LogP contribution in [0.5, 0.6) is 0 Å². The standard InChI is InChI=1S/C18H23N3O2.Li/c1-20-11-13(17-14(18(22)23)3-2-4-15(17)20)10-19-16-9-12-5-7-21(16)8-6-12;/h2-4,11-12,16,19H,5-10H2,1H3,(H,22,23);/q;+1/p-1/t16-;/m0./s1. The number of hydrogen-bond acceptors (Lipinski definition) is 4. The van der Waals surface area contributed by atoms with Crippen LogP contribution < -0.4 is 29.3 Å². The molecule has 0 spiro atoms. The van der Waals surface area contributed by atoms with Crippen molar-refractivity contribution in [3.8, 4) is 0 Å². The fourth-order valence-electron chi connectivity index (χ4n) is 4.25. The second-order valence-electron chi connectivity index (χ2n) is 6.86. The van der Waals surface area contributed by atoms with Crippen molar-refractivity contribution in [2.24, 2.45) is 13.0 Å². The topological polar surface area (TPSA) is 60.3 Å². The zero-order chi connectivity index (χ0) is 16.0. The largest absolute Gasteiger partial charge is 1.00 e. The molecular weight excluding hydrogens is 297 g/mol. The number of rotatable bonds is 4. The summed E-state index contributed by atoms with van der Waals surface area (Å²) in [6, 6.07) is 5.36. The van der Waals surface area contributed by atoms with Gasteiger partial charge in [-0.05, 0) is 49.9 Å². The van der Waals surface area contributed by atoms with Gasteiger partial charge in [-0.1, -0.05) is 12.1 Å². The molecule has 1 aromatic heterocycles. The van der Waals surface area contributed by atoms with Crippen LogP contribution >= 0.6 is 0 Å². The van der Waals surface area contributed by atoms with E-state index in [0.29, 0.717) is 12.7 Å². The van der Waals surface area contributed by atoms with Crippen molar-refractivity contribution in [1.29, 1.82) is 0 Å². The van der Waals surface area contributed by atoms with Crippen LogP contribution in [0.4, 0.5) is 0 Å². The summed E-state index contributed by atoms with van der Waals surface area (Å²) in [7, 11) is 1.96. The van der Waals surface area contributed by atoms with E-state index >= 15 is 0 Å². The van der Waals surface area contributed by atoms with E-state index in [1.54, 1.807) is 12.1 Å². The number of benzene rings is 1. The molecule has 1 N–H and O–H groups in total. The van der Waals surface area contributed by atoms with Gasteiger partial charge < -0.3 is 14.5 Å². The van der Waals surface area contributed by atoms with Gasteiger partial charge in [0.15, 0.2) is 0 Å². The maximum absolute atomic E-state index is 11.4. The third-order valence-corrected chi connectivity index (χ3v) is 5.49. The molecule has 0 saturated carbocycles. The zero-order valence-electron chi connectivity index (χ0n) is 14.4. The fourth-order valence-corrected chi connectivity index (χ4v) is 4.25. The molecule has 3 fully saturated rings. The summed E-state index contributed by atoms with van der Waals surface area (Å²) in [5.41, 5.74) is 2.25. The summed E-state index contributed by atoms with van der Waals surface area (Å²) in [5, 5.41) is 15.9. The Kier molecular flexibility index (Phi) is 5.07. The molecule has 3 aliphatic rings. The van der Waals surface area contributed by atoms with Gasteiger partial charge in [-0.25, -0.2) is 0 Å². The Balaban J connectivity index is 0.00000169. The van der Waals surface area contributed by atoms with Crippen molar-refractivity contribution in [2.45, 2.75) is 32.0 Å². The van der Waals surface area contributed by atoms with E-state index in [1.165, 1.54) is 32.4 Å². The predicted octanol–water partition coefficient (Wildman–Crippen LogP) is -1.92. The van der Waals surface area contributed by atoms with Gasteiger partial charge in [-0.2, -0.15) is 0 Å². The monoisotopic (exact) mass is 319 g/mol. The molecule has 5 nitrogen and oxygen atoms in total. The number of piperidine rings is 3. The summed E-state index contributed by atoms with van der Waals surface area (Å²) >= 11 is 0. The van der Waals surface area contributed by atoms with Crippen LogP contribution in [0.15, 0.2) is 24.4 Å². The van der Waals surface area contributed by atoms with Crippen LogP contribution in [-0.2, 0) is 13.6 Å². The summed E-state index contributed by atoms with van der Waals surface area (Å²) < 4.78 is 1.99. The van der Waals surface area contributed by atoms with Gasteiger partial charge in [0, 0.05) is 36.3 Å². The molecule has 1 atom stereocenters. The number of hydrogen-bond donors (Lipinski definition) is 1. The van der Waals surface area contributed by atoms with Crippen molar-refractivity contribution < 1.29 is 28.8 Å². The molecule has 0 unspecified atom stereocenters. The van der Waals surface area contributed by atoms with Crippen molar-refractivity contribution in [1.82, 2.24) is 14.8 Å². The van der Waals surface area contributed by atoms with E-state index in [4.69, 9.17) is 0 Å². The minimum absolute atomic E-state index is 0. The van der Waals surface area contributed by atoms with Gasteiger partial charge in [0.2, 0.25) is 0 Å². The Morgan fingerprint density at radius 1 is 1.33 bits per heavy atom. The van der Waals surface area contributed by atoms with Gasteiger partial charge in [0.1, 0.15) is 0 Å². The van der Waals surface area contributed by atoms with E-state index < -0.39 is 5.97 Å². The van der Waals surface area contributed by atoms with Gasteiger partial charge in [0.25, 0.3) is 0 Å². The zero-order valence-corrected chi connectivity index (χ0v) is 14.4. The van der Waals surface area contributed by atoms with E-state index in [9.17, 15) is 9.90 Å². The van der Waals surface area contributed by atoms with Crippen LogP contribution in [0.1, 0.15) is 35.2 Å². The molecule has 2 aromatic rings.